The van der Waals surface area contributed by atoms with Gasteiger partial charge in [0.2, 0.25) is 0 Å². The molecule has 620 valence electrons. The molecule has 123 heavy (non-hydrogen) atoms. The van der Waals surface area contributed by atoms with Crippen LogP contribution in [0.25, 0.3) is 67.1 Å². The Labute approximate surface area is 710 Å². The SMILES string of the molecule is CN(C)C(=O)c1ccc(-c2cnc(CCc3cccc4c3CCO4)n3cnnc23)cn1.CN(C)CCc1cccc(-c2cnc(CCc3cccc4c3CCO4)n3cnnc23)c1.Cc1cc(S(C)(=O)=O)ncc1-c1cnc(CCc2c(C)ccc3c2CCO3)n2cnnc12.Cc1ccc2c(c1CCc1ncc(-c3ccc(C#N)nc3)c3nncn13)CCO2. The lowest BCUT2D eigenvalue weighted by Gasteiger charge is -2.13. The number of aromatic nitrogens is 19. The fraction of sp³-hybridized carbons (Fsp3) is 0.280. The van der Waals surface area contributed by atoms with Crippen molar-refractivity contribution in [2.75, 3.05) is 67.4 Å². The number of hydrogen-bond acceptors (Lipinski definition) is 24. The van der Waals surface area contributed by atoms with Crippen molar-refractivity contribution in [2.24, 2.45) is 0 Å². The average Bonchev–Trinajstić information content (AvgIpc) is 1.75. The fourth-order valence-electron chi connectivity index (χ4n) is 16.4. The minimum atomic E-state index is -3.37. The van der Waals surface area contributed by atoms with Crippen LogP contribution in [0, 0.1) is 32.1 Å². The topological polar surface area (TPSA) is 329 Å². The highest BCUT2D eigenvalue weighted by Gasteiger charge is 2.26. The minimum absolute atomic E-state index is 0.0514. The molecule has 0 atom stereocenters. The van der Waals surface area contributed by atoms with E-state index in [2.05, 4.69) is 161 Å². The molecule has 0 radical (unpaired) electrons. The first kappa shape index (κ1) is 81.2. The number of benzene rings is 5. The van der Waals surface area contributed by atoms with Crippen molar-refractivity contribution < 1.29 is 32.2 Å². The lowest BCUT2D eigenvalue weighted by atomic mass is 9.96. The van der Waals surface area contributed by atoms with Crippen LogP contribution < -0.4 is 18.9 Å². The Bertz CT molecular complexity index is 6820. The number of sulfone groups is 1. The number of ether oxygens (including phenoxy) is 4. The van der Waals surface area contributed by atoms with Gasteiger partial charge in [-0.2, -0.15) is 5.26 Å². The van der Waals surface area contributed by atoms with Gasteiger partial charge in [-0.1, -0.05) is 66.7 Å². The average molecular weight is 1660 g/mol. The summed E-state index contributed by atoms with van der Waals surface area (Å²) in [6, 6.07) is 40.3. The zero-order valence-corrected chi connectivity index (χ0v) is 70.5. The molecular weight excluding hydrogens is 1570 g/mol. The highest BCUT2D eigenvalue weighted by Crippen LogP contribution is 2.37. The van der Waals surface area contributed by atoms with E-state index in [1.165, 1.54) is 66.1 Å². The molecule has 4 aliphatic heterocycles. The molecule has 29 nitrogen and oxygen atoms in total. The number of rotatable bonds is 21. The van der Waals surface area contributed by atoms with Gasteiger partial charge in [0.1, 0.15) is 89.1 Å². The minimum Gasteiger partial charge on any atom is -0.493 e. The molecule has 0 saturated heterocycles. The van der Waals surface area contributed by atoms with Gasteiger partial charge >= 0.3 is 0 Å². The van der Waals surface area contributed by atoms with Gasteiger partial charge in [-0.15, -0.1) is 40.8 Å². The molecule has 0 fully saturated rings. The van der Waals surface area contributed by atoms with Crippen LogP contribution in [0.15, 0.2) is 189 Å². The summed E-state index contributed by atoms with van der Waals surface area (Å²) in [7, 11) is 4.24. The normalized spacial score (nSPS) is 12.9. The molecule has 15 heterocycles. The summed E-state index contributed by atoms with van der Waals surface area (Å²) in [6.07, 6.45) is 31.7. The van der Waals surface area contributed by atoms with Gasteiger partial charge in [-0.25, -0.2) is 38.3 Å². The molecule has 0 spiro atoms. The number of carbonyl (C=O) groups excluding carboxylic acids is 1. The molecule has 4 aliphatic rings. The number of aryl methyl sites for hydroxylation is 9. The molecule has 0 saturated carbocycles. The first-order valence-electron chi connectivity index (χ1n) is 41.0. The maximum atomic E-state index is 12.1. The Morgan fingerprint density at radius 3 is 1.29 bits per heavy atom. The van der Waals surface area contributed by atoms with Crippen molar-refractivity contribution >= 4 is 38.3 Å². The van der Waals surface area contributed by atoms with E-state index in [-0.39, 0.29) is 10.9 Å². The number of nitrogens with zero attached hydrogens (tertiary/aromatic N) is 22. The van der Waals surface area contributed by atoms with E-state index in [0.29, 0.717) is 17.0 Å². The number of likely N-dealkylation sites (N-methyl/N-ethyl adjacent to an activating group) is 1. The van der Waals surface area contributed by atoms with Crippen LogP contribution >= 0.6 is 0 Å². The number of carbonyl (C=O) groups is 1. The highest BCUT2D eigenvalue weighted by atomic mass is 32.2. The number of fused-ring (bicyclic) bond motifs is 8. The van der Waals surface area contributed by atoms with Gasteiger partial charge in [-0.05, 0) is 166 Å². The van der Waals surface area contributed by atoms with Crippen molar-refractivity contribution in [3.8, 4) is 73.6 Å². The van der Waals surface area contributed by atoms with Crippen molar-refractivity contribution in [1.82, 2.24) is 103 Å². The zero-order valence-electron chi connectivity index (χ0n) is 69.7. The Morgan fingerprint density at radius 1 is 0.423 bits per heavy atom. The summed E-state index contributed by atoms with van der Waals surface area (Å²) in [5.74, 6) is 7.54. The first-order chi connectivity index (χ1) is 59.9. The van der Waals surface area contributed by atoms with E-state index in [9.17, 15) is 13.2 Å². The third-order valence-corrected chi connectivity index (χ3v) is 23.9. The molecule has 16 aromatic rings. The van der Waals surface area contributed by atoms with E-state index in [4.69, 9.17) is 44.1 Å². The van der Waals surface area contributed by atoms with Crippen LogP contribution in [-0.4, -0.2) is 185 Å². The molecule has 11 aromatic heterocycles. The summed E-state index contributed by atoms with van der Waals surface area (Å²) in [5, 5.41) is 42.8. The summed E-state index contributed by atoms with van der Waals surface area (Å²) >= 11 is 0. The second-order valence-electron chi connectivity index (χ2n) is 31.3. The Hall–Kier alpha value is -14.2. The third kappa shape index (κ3) is 17.3. The Morgan fingerprint density at radius 2 is 0.854 bits per heavy atom. The van der Waals surface area contributed by atoms with Crippen LogP contribution in [-0.2, 0) is 93.3 Å². The maximum Gasteiger partial charge on any atom is 0.271 e. The van der Waals surface area contributed by atoms with Crippen molar-refractivity contribution in [3.05, 3.63) is 285 Å². The highest BCUT2D eigenvalue weighted by molar-refractivity contribution is 7.90. The fourth-order valence-corrected chi connectivity index (χ4v) is 17.1. The molecular formula is C93H90N22O7S. The lowest BCUT2D eigenvalue weighted by Crippen LogP contribution is -2.22. The van der Waals surface area contributed by atoms with E-state index >= 15 is 0 Å². The first-order valence-corrected chi connectivity index (χ1v) is 42.9. The standard InChI is InChI=1S/C25H27N5O.C23H22N6O2.C23H23N5O3S.C22H18N6O/c1-29(2)13-11-18-5-3-7-20(15-18)22-16-26-24(30-17-27-28-25(22)30)10-9-19-6-4-8-23-21(19)12-14-31-23;1-28(2)23(30)19-8-6-16(12-24-19)18-13-25-21(29-14-26-27-22(18)29)9-7-15-4-3-5-20-17(15)10-11-31-20;1-14-4-6-20-17(8-9-31-20)16(14)5-7-21-24-12-19(23-27-26-13-28(21)23)18-11-25-22(10-15(18)2)32(3,29)30;1-14-2-6-20-18(8-9-29-20)17(14)5-7-21-25-12-19(22-27-26-13-28(21)22)15-3-4-16(10-23)24-11-15/h3-8,15-17H,9-14H2,1-2H3;3-6,8,12-14H,7,9-11H2,1-2H3;4,6,10-13H,5,7-9H2,1-3H3;2-4,6,11-13H,5,7-9H2,1H3. The van der Waals surface area contributed by atoms with Crippen molar-refractivity contribution in [1.29, 1.82) is 5.26 Å². The number of nitriles is 1. The van der Waals surface area contributed by atoms with Crippen LogP contribution in [0.1, 0.15) is 106 Å². The summed E-state index contributed by atoms with van der Waals surface area (Å²) < 4.78 is 54.3. The monoisotopic (exact) mass is 1660 g/mol. The summed E-state index contributed by atoms with van der Waals surface area (Å²) in [6.45, 7) is 10.2. The van der Waals surface area contributed by atoms with Crippen molar-refractivity contribution in [3.63, 3.8) is 0 Å². The van der Waals surface area contributed by atoms with Gasteiger partial charge in [-0.3, -0.25) is 27.4 Å². The quantitative estimate of drug-likeness (QED) is 0.0645. The number of amides is 1. The van der Waals surface area contributed by atoms with Gasteiger partial charge in [0.25, 0.3) is 5.91 Å². The molecule has 1 amide bonds. The second kappa shape index (κ2) is 35.6. The third-order valence-electron chi connectivity index (χ3n) is 22.9. The largest absolute Gasteiger partial charge is 0.493 e. The number of hydrogen-bond donors (Lipinski definition) is 0. The summed E-state index contributed by atoms with van der Waals surface area (Å²) in [5.41, 5.74) is 26.1. The summed E-state index contributed by atoms with van der Waals surface area (Å²) in [4.78, 5) is 47.3. The predicted octanol–water partition coefficient (Wildman–Crippen LogP) is 12.2. The molecule has 0 aliphatic carbocycles. The predicted molar refractivity (Wildman–Crippen MR) is 463 cm³/mol. The Kier molecular flexibility index (Phi) is 23.5. The Balaban J connectivity index is 0.000000116. The number of pyridine rings is 3. The lowest BCUT2D eigenvalue weighted by molar-refractivity contribution is 0.0822. The second-order valence-corrected chi connectivity index (χ2v) is 33.3. The molecule has 5 aromatic carbocycles. The van der Waals surface area contributed by atoms with E-state index in [1.54, 1.807) is 82.4 Å². The molecule has 0 unspecified atom stereocenters. The van der Waals surface area contributed by atoms with E-state index < -0.39 is 9.84 Å². The van der Waals surface area contributed by atoms with Crippen LogP contribution in [0.2, 0.25) is 0 Å². The van der Waals surface area contributed by atoms with E-state index in [1.807, 2.05) is 73.5 Å². The van der Waals surface area contributed by atoms with Crippen molar-refractivity contribution in [2.45, 2.75) is 109 Å². The van der Waals surface area contributed by atoms with Crippen LogP contribution in [0.3, 0.4) is 0 Å². The van der Waals surface area contributed by atoms with E-state index in [0.717, 1.165) is 236 Å². The van der Waals surface area contributed by atoms with Crippen LogP contribution in [0.4, 0.5) is 0 Å². The molecule has 20 rings (SSSR count). The zero-order chi connectivity index (χ0) is 84.8. The smallest absolute Gasteiger partial charge is 0.271 e. The van der Waals surface area contributed by atoms with Gasteiger partial charge in [0.15, 0.2) is 37.5 Å². The van der Waals surface area contributed by atoms with Gasteiger partial charge in [0.05, 0.1) is 26.4 Å². The van der Waals surface area contributed by atoms with Crippen LogP contribution in [0.5, 0.6) is 23.0 Å². The maximum absolute atomic E-state index is 12.1. The van der Waals surface area contributed by atoms with Gasteiger partial charge < -0.3 is 28.7 Å². The molecule has 30 heteroatoms. The van der Waals surface area contributed by atoms with Gasteiger partial charge in [0, 0.05) is 183 Å². The molecule has 0 N–H and O–H groups in total. The molecule has 0 bridgehead atoms.